The maximum atomic E-state index is 12.0. The molecule has 2 aromatic rings. The molecule has 1 aromatic carbocycles. The van der Waals surface area contributed by atoms with Gasteiger partial charge < -0.3 is 25.8 Å². The van der Waals surface area contributed by atoms with Crippen LogP contribution in [0.15, 0.2) is 28.8 Å². The molecule has 26 heavy (non-hydrogen) atoms. The van der Waals surface area contributed by atoms with Gasteiger partial charge in [-0.25, -0.2) is 4.79 Å². The van der Waals surface area contributed by atoms with Crippen molar-refractivity contribution in [2.75, 3.05) is 10.2 Å². The molecule has 0 bridgehead atoms. The summed E-state index contributed by atoms with van der Waals surface area (Å²) in [5.41, 5.74) is 6.29. The van der Waals surface area contributed by atoms with Gasteiger partial charge in [-0.05, 0) is 31.5 Å². The first-order chi connectivity index (χ1) is 12.4. The molecule has 1 atom stereocenters. The van der Waals surface area contributed by atoms with Crippen LogP contribution in [0.1, 0.15) is 36.3 Å². The Morgan fingerprint density at radius 3 is 2.88 bits per heavy atom. The van der Waals surface area contributed by atoms with Crippen molar-refractivity contribution in [2.24, 2.45) is 5.73 Å². The zero-order chi connectivity index (χ0) is 18.7. The molecule has 10 nitrogen and oxygen atoms in total. The molecule has 0 saturated carbocycles. The summed E-state index contributed by atoms with van der Waals surface area (Å²) in [6.07, 6.45) is 1.34. The van der Waals surface area contributed by atoms with Gasteiger partial charge in [-0.2, -0.15) is 4.98 Å². The molecule has 0 aliphatic carbocycles. The van der Waals surface area contributed by atoms with Crippen LogP contribution in [0, 0.1) is 0 Å². The lowest BCUT2D eigenvalue weighted by Crippen LogP contribution is -2.31. The molecule has 1 fully saturated rings. The number of urea groups is 1. The minimum atomic E-state index is -0.837. The number of benzene rings is 1. The second-order valence-corrected chi connectivity index (χ2v) is 5.89. The molecule has 2 heterocycles. The largest absolute Gasteiger partial charge is 0.361 e. The van der Waals surface area contributed by atoms with Gasteiger partial charge in [0.1, 0.15) is 0 Å². The SMILES string of the molecule is C[C@H]1CCC(=O)N1c1cccc(NC(=O)NCc2noc(C(N)=O)n2)c1. The molecule has 4 N–H and O–H groups in total. The first-order valence-corrected chi connectivity index (χ1v) is 8.03. The first kappa shape index (κ1) is 17.4. The fraction of sp³-hybridized carbons (Fsp3) is 0.312. The summed E-state index contributed by atoms with van der Waals surface area (Å²) in [6, 6.07) is 6.68. The molecule has 1 aliphatic rings. The number of anilines is 2. The Hall–Kier alpha value is -3.43. The summed E-state index contributed by atoms with van der Waals surface area (Å²) >= 11 is 0. The maximum Gasteiger partial charge on any atom is 0.319 e. The van der Waals surface area contributed by atoms with E-state index in [1.807, 2.05) is 13.0 Å². The standard InChI is InChI=1S/C16H18N6O4/c1-9-5-6-13(23)22(9)11-4-2-3-10(7-11)19-16(25)18-8-12-20-15(14(17)24)26-21-12/h2-4,7,9H,5-6,8H2,1H3,(H2,17,24)(H2,18,19,25)/t9-/m0/s1. The van der Waals surface area contributed by atoms with Gasteiger partial charge in [0, 0.05) is 23.8 Å². The average molecular weight is 358 g/mol. The van der Waals surface area contributed by atoms with Gasteiger partial charge in [-0.3, -0.25) is 9.59 Å². The molecule has 3 rings (SSSR count). The summed E-state index contributed by atoms with van der Waals surface area (Å²) in [5.74, 6) is -0.962. The van der Waals surface area contributed by atoms with E-state index in [4.69, 9.17) is 5.73 Å². The number of nitrogens with two attached hydrogens (primary N) is 1. The Balaban J connectivity index is 1.59. The topological polar surface area (TPSA) is 143 Å². The number of hydrogen-bond acceptors (Lipinski definition) is 6. The normalized spacial score (nSPS) is 16.6. The van der Waals surface area contributed by atoms with Crippen LogP contribution in [-0.4, -0.2) is 34.0 Å². The highest BCUT2D eigenvalue weighted by Gasteiger charge is 2.28. The number of aromatic nitrogens is 2. The molecule has 4 amide bonds. The highest BCUT2D eigenvalue weighted by atomic mass is 16.5. The van der Waals surface area contributed by atoms with E-state index in [2.05, 4.69) is 25.3 Å². The van der Waals surface area contributed by atoms with E-state index in [9.17, 15) is 14.4 Å². The van der Waals surface area contributed by atoms with Gasteiger partial charge in [0.25, 0.3) is 0 Å². The number of carbonyl (C=O) groups excluding carboxylic acids is 3. The average Bonchev–Trinajstić information content (AvgIpc) is 3.20. The summed E-state index contributed by atoms with van der Waals surface area (Å²) < 4.78 is 4.62. The molecule has 0 radical (unpaired) electrons. The zero-order valence-corrected chi connectivity index (χ0v) is 14.1. The number of rotatable bonds is 5. The molecule has 1 aliphatic heterocycles. The van der Waals surface area contributed by atoms with E-state index in [1.54, 1.807) is 23.1 Å². The molecular formula is C16H18N6O4. The van der Waals surface area contributed by atoms with Crippen LogP contribution in [0.3, 0.4) is 0 Å². The number of carbonyl (C=O) groups is 3. The van der Waals surface area contributed by atoms with E-state index in [0.717, 1.165) is 12.1 Å². The van der Waals surface area contributed by atoms with Crippen LogP contribution in [0.25, 0.3) is 0 Å². The minimum absolute atomic E-state index is 0.0377. The summed E-state index contributed by atoms with van der Waals surface area (Å²) in [5, 5.41) is 8.73. The smallest absolute Gasteiger partial charge is 0.319 e. The van der Waals surface area contributed by atoms with Gasteiger partial charge in [0.2, 0.25) is 5.91 Å². The summed E-state index contributed by atoms with van der Waals surface area (Å²) in [6.45, 7) is 1.95. The van der Waals surface area contributed by atoms with Crippen molar-refractivity contribution in [1.29, 1.82) is 0 Å². The number of nitrogens with one attached hydrogen (secondary N) is 2. The van der Waals surface area contributed by atoms with E-state index in [-0.39, 0.29) is 30.2 Å². The van der Waals surface area contributed by atoms with Crippen molar-refractivity contribution in [3.8, 4) is 0 Å². The van der Waals surface area contributed by atoms with Crippen LogP contribution in [0.2, 0.25) is 0 Å². The monoisotopic (exact) mass is 358 g/mol. The van der Waals surface area contributed by atoms with Gasteiger partial charge in [-0.1, -0.05) is 11.2 Å². The lowest BCUT2D eigenvalue weighted by atomic mass is 10.2. The molecular weight excluding hydrogens is 340 g/mol. The van der Waals surface area contributed by atoms with Crippen molar-refractivity contribution in [2.45, 2.75) is 32.4 Å². The molecule has 1 aromatic heterocycles. The Morgan fingerprint density at radius 1 is 1.42 bits per heavy atom. The Morgan fingerprint density at radius 2 is 2.23 bits per heavy atom. The quantitative estimate of drug-likeness (QED) is 0.727. The Kier molecular flexibility index (Phi) is 4.83. The summed E-state index contributed by atoms with van der Waals surface area (Å²) in [4.78, 5) is 40.3. The van der Waals surface area contributed by atoms with E-state index < -0.39 is 11.9 Å². The fourth-order valence-corrected chi connectivity index (χ4v) is 2.72. The highest BCUT2D eigenvalue weighted by molar-refractivity contribution is 5.97. The van der Waals surface area contributed by atoms with E-state index in [0.29, 0.717) is 12.1 Å². The Bertz CT molecular complexity index is 849. The number of nitrogens with zero attached hydrogens (tertiary/aromatic N) is 3. The third-order valence-electron chi connectivity index (χ3n) is 3.95. The first-order valence-electron chi connectivity index (χ1n) is 8.03. The predicted molar refractivity (Wildman–Crippen MR) is 91.3 cm³/mol. The van der Waals surface area contributed by atoms with Crippen molar-refractivity contribution in [1.82, 2.24) is 15.5 Å². The molecule has 0 unspecified atom stereocenters. The third kappa shape index (κ3) is 3.79. The second kappa shape index (κ2) is 7.21. The molecule has 136 valence electrons. The summed E-state index contributed by atoms with van der Waals surface area (Å²) in [7, 11) is 0. The van der Waals surface area contributed by atoms with Crippen LogP contribution < -0.4 is 21.3 Å². The fourth-order valence-electron chi connectivity index (χ4n) is 2.72. The van der Waals surface area contributed by atoms with E-state index in [1.165, 1.54) is 0 Å². The number of hydrogen-bond donors (Lipinski definition) is 3. The zero-order valence-electron chi connectivity index (χ0n) is 14.1. The highest BCUT2D eigenvalue weighted by Crippen LogP contribution is 2.28. The van der Waals surface area contributed by atoms with Crippen molar-refractivity contribution in [3.05, 3.63) is 36.0 Å². The van der Waals surface area contributed by atoms with Crippen molar-refractivity contribution < 1.29 is 18.9 Å². The third-order valence-corrected chi connectivity index (χ3v) is 3.95. The predicted octanol–water partition coefficient (Wildman–Crippen LogP) is 1.01. The molecule has 10 heteroatoms. The van der Waals surface area contributed by atoms with Crippen molar-refractivity contribution in [3.63, 3.8) is 0 Å². The Labute approximate surface area is 148 Å². The van der Waals surface area contributed by atoms with E-state index >= 15 is 0 Å². The van der Waals surface area contributed by atoms with Crippen molar-refractivity contribution >= 4 is 29.2 Å². The van der Waals surface area contributed by atoms with Gasteiger partial charge in [-0.15, -0.1) is 0 Å². The van der Waals surface area contributed by atoms with Crippen LogP contribution in [0.4, 0.5) is 16.2 Å². The van der Waals surface area contributed by atoms with Gasteiger partial charge >= 0.3 is 17.8 Å². The second-order valence-electron chi connectivity index (χ2n) is 5.89. The lowest BCUT2D eigenvalue weighted by Gasteiger charge is -2.22. The maximum absolute atomic E-state index is 12.0. The lowest BCUT2D eigenvalue weighted by molar-refractivity contribution is -0.117. The van der Waals surface area contributed by atoms with Crippen LogP contribution in [-0.2, 0) is 11.3 Å². The van der Waals surface area contributed by atoms with Crippen LogP contribution in [0.5, 0.6) is 0 Å². The molecule has 0 spiro atoms. The van der Waals surface area contributed by atoms with Crippen LogP contribution >= 0.6 is 0 Å². The number of amides is 4. The minimum Gasteiger partial charge on any atom is -0.361 e. The molecule has 1 saturated heterocycles. The van der Waals surface area contributed by atoms with Gasteiger partial charge in [0.05, 0.1) is 6.54 Å². The van der Waals surface area contributed by atoms with Gasteiger partial charge in [0.15, 0.2) is 5.82 Å². The number of primary amides is 1.